The van der Waals surface area contributed by atoms with Crippen LogP contribution >= 0.6 is 24.0 Å². The van der Waals surface area contributed by atoms with Crippen molar-refractivity contribution in [3.8, 4) is 0 Å². The van der Waals surface area contributed by atoms with E-state index in [-0.39, 0.29) is 24.0 Å². The van der Waals surface area contributed by atoms with Crippen LogP contribution in [-0.2, 0) is 0 Å². The van der Waals surface area contributed by atoms with Gasteiger partial charge in [0, 0.05) is 19.6 Å². The van der Waals surface area contributed by atoms with Crippen molar-refractivity contribution in [1.82, 2.24) is 4.90 Å². The zero-order chi connectivity index (χ0) is 10.7. The van der Waals surface area contributed by atoms with Crippen LogP contribution in [0.25, 0.3) is 0 Å². The summed E-state index contributed by atoms with van der Waals surface area (Å²) in [7, 11) is 0. The van der Waals surface area contributed by atoms with E-state index >= 15 is 0 Å². The quantitative estimate of drug-likeness (QED) is 0.478. The Balaban J connectivity index is 0.00000128. The molecule has 16 heavy (non-hydrogen) atoms. The van der Waals surface area contributed by atoms with Gasteiger partial charge in [-0.25, -0.2) is 0 Å². The maximum atomic E-state index is 6.01. The number of nitrogens with two attached hydrogens (primary N) is 1. The van der Waals surface area contributed by atoms with Crippen molar-refractivity contribution in [3.05, 3.63) is 0 Å². The Morgan fingerprint density at radius 2 is 1.81 bits per heavy atom. The lowest BCUT2D eigenvalue weighted by Crippen LogP contribution is -2.42. The zero-order valence-electron chi connectivity index (χ0n) is 10.2. The molecule has 0 bridgehead atoms. The highest BCUT2D eigenvalue weighted by Gasteiger charge is 2.31. The number of likely N-dealkylation sites (tertiary alicyclic amines) is 1. The van der Waals surface area contributed by atoms with Gasteiger partial charge in [-0.2, -0.15) is 0 Å². The highest BCUT2D eigenvalue weighted by Crippen LogP contribution is 2.40. The monoisotopic (exact) mass is 337 g/mol. The number of rotatable bonds is 2. The third kappa shape index (κ3) is 3.50. The molecule has 0 atom stereocenters. The largest absolute Gasteiger partial charge is 0.370 e. The molecule has 2 aliphatic rings. The van der Waals surface area contributed by atoms with Crippen molar-refractivity contribution in [2.45, 2.75) is 45.4 Å². The summed E-state index contributed by atoms with van der Waals surface area (Å²) in [5.74, 6) is 0.780. The van der Waals surface area contributed by atoms with Gasteiger partial charge in [0.15, 0.2) is 5.96 Å². The fourth-order valence-electron chi connectivity index (χ4n) is 2.43. The van der Waals surface area contributed by atoms with Crippen LogP contribution in [0, 0.1) is 5.41 Å². The molecule has 2 rings (SSSR count). The lowest BCUT2D eigenvalue weighted by atomic mass is 9.71. The zero-order valence-corrected chi connectivity index (χ0v) is 12.6. The fraction of sp³-hybridized carbons (Fsp3) is 0.917. The van der Waals surface area contributed by atoms with Gasteiger partial charge in [-0.05, 0) is 37.5 Å². The molecule has 0 aromatic rings. The Hall–Kier alpha value is 0. The second kappa shape index (κ2) is 6.07. The Kier molecular flexibility index (Phi) is 5.34. The van der Waals surface area contributed by atoms with Crippen LogP contribution in [-0.4, -0.2) is 30.5 Å². The number of halogens is 1. The summed E-state index contributed by atoms with van der Waals surface area (Å²) in [5.41, 5.74) is 6.47. The van der Waals surface area contributed by atoms with Crippen LogP contribution in [0.4, 0.5) is 0 Å². The molecule has 1 aliphatic heterocycles. The topological polar surface area (TPSA) is 41.6 Å². The lowest BCUT2D eigenvalue weighted by molar-refractivity contribution is 0.173. The second-order valence-electron chi connectivity index (χ2n) is 5.39. The number of hydrogen-bond donors (Lipinski definition) is 1. The summed E-state index contributed by atoms with van der Waals surface area (Å²) >= 11 is 0. The molecule has 2 fully saturated rings. The predicted molar refractivity (Wildman–Crippen MR) is 79.3 cm³/mol. The summed E-state index contributed by atoms with van der Waals surface area (Å²) in [6.07, 6.45) is 7.91. The van der Waals surface area contributed by atoms with E-state index in [0.29, 0.717) is 5.41 Å². The van der Waals surface area contributed by atoms with Crippen LogP contribution in [0.2, 0.25) is 0 Å². The normalized spacial score (nSPS) is 24.6. The molecule has 4 heteroatoms. The molecule has 1 saturated heterocycles. The van der Waals surface area contributed by atoms with E-state index in [1.807, 2.05) is 0 Å². The first-order valence-electron chi connectivity index (χ1n) is 6.25. The van der Waals surface area contributed by atoms with Crippen molar-refractivity contribution in [2.24, 2.45) is 16.1 Å². The van der Waals surface area contributed by atoms with E-state index in [9.17, 15) is 0 Å². The number of guanidine groups is 1. The number of piperidine rings is 1. The van der Waals surface area contributed by atoms with Crippen LogP contribution in [0.3, 0.4) is 0 Å². The molecule has 94 valence electrons. The molecule has 1 aliphatic carbocycles. The molecule has 2 N–H and O–H groups in total. The molecule has 3 nitrogen and oxygen atoms in total. The van der Waals surface area contributed by atoms with Gasteiger partial charge in [0.25, 0.3) is 0 Å². The molecule has 0 aromatic heterocycles. The summed E-state index contributed by atoms with van der Waals surface area (Å²) < 4.78 is 0. The van der Waals surface area contributed by atoms with Crippen molar-refractivity contribution in [2.75, 3.05) is 19.6 Å². The fourth-order valence-corrected chi connectivity index (χ4v) is 2.43. The SMILES string of the molecule is CC1(CN=C(N)N2CCCCC2)CCC1.I. The smallest absolute Gasteiger partial charge is 0.191 e. The molecule has 0 radical (unpaired) electrons. The predicted octanol–water partition coefficient (Wildman–Crippen LogP) is 2.60. The first-order valence-corrected chi connectivity index (χ1v) is 6.25. The summed E-state index contributed by atoms with van der Waals surface area (Å²) in [4.78, 5) is 6.80. The van der Waals surface area contributed by atoms with Crippen molar-refractivity contribution in [3.63, 3.8) is 0 Å². The highest BCUT2D eigenvalue weighted by molar-refractivity contribution is 14.0. The van der Waals surface area contributed by atoms with Crippen LogP contribution in [0.5, 0.6) is 0 Å². The van der Waals surface area contributed by atoms with Crippen LogP contribution < -0.4 is 5.73 Å². The van der Waals surface area contributed by atoms with Crippen LogP contribution in [0.15, 0.2) is 4.99 Å². The standard InChI is InChI=1S/C12H23N3.HI/c1-12(6-5-7-12)10-14-11(13)15-8-3-2-4-9-15;/h2-10H2,1H3,(H2,13,14);1H. The number of aliphatic imine (C=N–C) groups is 1. The average Bonchev–Trinajstić information content (AvgIpc) is 2.24. The molecule has 0 unspecified atom stereocenters. The minimum atomic E-state index is 0. The maximum absolute atomic E-state index is 6.01. The molecule has 0 aromatic carbocycles. The van der Waals surface area contributed by atoms with Gasteiger partial charge in [0.05, 0.1) is 0 Å². The Bertz CT molecular complexity index is 243. The molecule has 0 amide bonds. The second-order valence-corrected chi connectivity index (χ2v) is 5.39. The molecule has 1 heterocycles. The van der Waals surface area contributed by atoms with Gasteiger partial charge in [-0.3, -0.25) is 4.99 Å². The minimum absolute atomic E-state index is 0. The molecule has 1 saturated carbocycles. The van der Waals surface area contributed by atoms with Gasteiger partial charge in [0.2, 0.25) is 0 Å². The Morgan fingerprint density at radius 1 is 1.19 bits per heavy atom. The van der Waals surface area contributed by atoms with E-state index in [1.165, 1.54) is 38.5 Å². The molecular weight excluding hydrogens is 313 g/mol. The minimum Gasteiger partial charge on any atom is -0.370 e. The van der Waals surface area contributed by atoms with Crippen molar-refractivity contribution < 1.29 is 0 Å². The Morgan fingerprint density at radius 3 is 2.31 bits per heavy atom. The number of hydrogen-bond acceptors (Lipinski definition) is 1. The van der Waals surface area contributed by atoms with Crippen molar-refractivity contribution in [1.29, 1.82) is 0 Å². The van der Waals surface area contributed by atoms with E-state index in [0.717, 1.165) is 25.6 Å². The number of nitrogens with zero attached hydrogens (tertiary/aromatic N) is 2. The third-order valence-corrected chi connectivity index (χ3v) is 3.86. The van der Waals surface area contributed by atoms with Crippen molar-refractivity contribution >= 4 is 29.9 Å². The van der Waals surface area contributed by atoms with Gasteiger partial charge >= 0.3 is 0 Å². The van der Waals surface area contributed by atoms with Gasteiger partial charge in [-0.15, -0.1) is 24.0 Å². The average molecular weight is 337 g/mol. The van der Waals surface area contributed by atoms with E-state index < -0.39 is 0 Å². The van der Waals surface area contributed by atoms with Gasteiger partial charge in [-0.1, -0.05) is 13.3 Å². The van der Waals surface area contributed by atoms with Gasteiger partial charge in [0.1, 0.15) is 0 Å². The van der Waals surface area contributed by atoms with Crippen LogP contribution in [0.1, 0.15) is 45.4 Å². The van der Waals surface area contributed by atoms with Gasteiger partial charge < -0.3 is 10.6 Å². The summed E-state index contributed by atoms with van der Waals surface area (Å²) in [6, 6.07) is 0. The summed E-state index contributed by atoms with van der Waals surface area (Å²) in [5, 5.41) is 0. The maximum Gasteiger partial charge on any atom is 0.191 e. The lowest BCUT2D eigenvalue weighted by Gasteiger charge is -2.37. The first kappa shape index (κ1) is 14.1. The summed E-state index contributed by atoms with van der Waals surface area (Å²) in [6.45, 7) is 5.46. The van der Waals surface area contributed by atoms with E-state index in [2.05, 4.69) is 16.8 Å². The Labute approximate surface area is 116 Å². The first-order chi connectivity index (χ1) is 7.20. The molecular formula is C12H24IN3. The highest BCUT2D eigenvalue weighted by atomic mass is 127. The molecule has 0 spiro atoms. The third-order valence-electron chi connectivity index (χ3n) is 3.86. The van der Waals surface area contributed by atoms with E-state index in [1.54, 1.807) is 0 Å². The van der Waals surface area contributed by atoms with E-state index in [4.69, 9.17) is 5.73 Å².